The molecule has 0 bridgehead atoms. The molecule has 0 unspecified atom stereocenters. The van der Waals surface area contributed by atoms with Crippen LogP contribution in [0, 0.1) is 13.8 Å². The number of furan rings is 1. The van der Waals surface area contributed by atoms with Gasteiger partial charge in [0, 0.05) is 0 Å². The predicted octanol–water partition coefficient (Wildman–Crippen LogP) is 3.64. The van der Waals surface area contributed by atoms with Crippen LogP contribution in [0.3, 0.4) is 0 Å². The van der Waals surface area contributed by atoms with Crippen molar-refractivity contribution in [2.24, 2.45) is 0 Å². The van der Waals surface area contributed by atoms with Gasteiger partial charge in [-0.1, -0.05) is 17.7 Å². The quantitative estimate of drug-likeness (QED) is 0.756. The average molecular weight is 371 g/mol. The largest absolute Gasteiger partial charge is 0.508 e. The molecule has 134 valence electrons. The molecule has 1 aromatic heterocycles. The third kappa shape index (κ3) is 3.21. The molecular formula is C19H17NO5S. The Bertz CT molecular complexity index is 1030. The van der Waals surface area contributed by atoms with Gasteiger partial charge in [0.2, 0.25) is 0 Å². The third-order valence-corrected chi connectivity index (χ3v) is 5.64. The molecule has 1 heterocycles. The first-order valence-corrected chi connectivity index (χ1v) is 9.24. The Hall–Kier alpha value is -3.06. The van der Waals surface area contributed by atoms with E-state index >= 15 is 0 Å². The molecule has 0 saturated carbocycles. The molecule has 0 saturated heterocycles. The van der Waals surface area contributed by atoms with Gasteiger partial charge in [-0.15, -0.1) is 0 Å². The summed E-state index contributed by atoms with van der Waals surface area (Å²) in [5.74, 6) is -0.450. The van der Waals surface area contributed by atoms with Gasteiger partial charge in [0.25, 0.3) is 15.9 Å². The fraction of sp³-hybridized carbons (Fsp3) is 0.105. The molecule has 0 aliphatic rings. The fourth-order valence-corrected chi connectivity index (χ4v) is 3.89. The first-order chi connectivity index (χ1) is 12.3. The van der Waals surface area contributed by atoms with Crippen molar-refractivity contribution in [3.63, 3.8) is 0 Å². The Kier molecular flexibility index (Phi) is 4.56. The van der Waals surface area contributed by atoms with Crippen molar-refractivity contribution in [2.75, 3.05) is 4.31 Å². The zero-order valence-corrected chi connectivity index (χ0v) is 15.0. The van der Waals surface area contributed by atoms with Crippen LogP contribution in [0.15, 0.2) is 70.2 Å². The number of carbonyl (C=O) groups is 1. The number of benzene rings is 2. The Morgan fingerprint density at radius 3 is 2.12 bits per heavy atom. The monoisotopic (exact) mass is 371 g/mol. The maximum Gasteiger partial charge on any atom is 0.275 e. The Morgan fingerprint density at radius 2 is 1.58 bits per heavy atom. The summed E-state index contributed by atoms with van der Waals surface area (Å²) in [6, 6.07) is 13.0. The highest BCUT2D eigenvalue weighted by Gasteiger charge is 2.33. The van der Waals surface area contributed by atoms with Crippen LogP contribution in [0.4, 0.5) is 5.69 Å². The van der Waals surface area contributed by atoms with E-state index in [0.29, 0.717) is 5.76 Å². The van der Waals surface area contributed by atoms with Crippen LogP contribution in [0.2, 0.25) is 0 Å². The number of anilines is 1. The molecule has 2 aromatic carbocycles. The molecule has 6 nitrogen and oxygen atoms in total. The number of hydrogen-bond acceptors (Lipinski definition) is 5. The smallest absolute Gasteiger partial charge is 0.275 e. The van der Waals surface area contributed by atoms with Crippen molar-refractivity contribution < 1.29 is 22.7 Å². The predicted molar refractivity (Wildman–Crippen MR) is 96.7 cm³/mol. The maximum absolute atomic E-state index is 13.2. The number of rotatable bonds is 4. The van der Waals surface area contributed by atoms with Crippen molar-refractivity contribution in [1.82, 2.24) is 0 Å². The Labute approximate surface area is 151 Å². The lowest BCUT2D eigenvalue weighted by atomic mass is 10.2. The lowest BCUT2D eigenvalue weighted by Gasteiger charge is -2.22. The van der Waals surface area contributed by atoms with Gasteiger partial charge < -0.3 is 9.52 Å². The summed E-state index contributed by atoms with van der Waals surface area (Å²) in [5, 5.41) is 9.49. The van der Waals surface area contributed by atoms with Gasteiger partial charge in [-0.2, -0.15) is 4.31 Å². The van der Waals surface area contributed by atoms with Gasteiger partial charge in [-0.3, -0.25) is 4.79 Å². The van der Waals surface area contributed by atoms with Gasteiger partial charge in [0.05, 0.1) is 22.4 Å². The highest BCUT2D eigenvalue weighted by atomic mass is 32.2. The zero-order valence-electron chi connectivity index (χ0n) is 14.2. The molecule has 0 atom stereocenters. The van der Waals surface area contributed by atoms with E-state index < -0.39 is 15.9 Å². The van der Waals surface area contributed by atoms with Crippen LogP contribution in [-0.4, -0.2) is 19.4 Å². The standard InChI is InChI=1S/C19H17NO5S/c1-13-3-9-17(10-4-13)26(23,24)20(15-5-7-16(21)8-6-15)19(22)18-11-12-25-14(18)2/h3-12,21H,1-2H3. The van der Waals surface area contributed by atoms with E-state index in [1.807, 2.05) is 6.92 Å². The van der Waals surface area contributed by atoms with E-state index in [0.717, 1.165) is 9.87 Å². The van der Waals surface area contributed by atoms with Gasteiger partial charge in [-0.05, 0) is 56.3 Å². The highest BCUT2D eigenvalue weighted by Crippen LogP contribution is 2.28. The molecule has 3 aromatic rings. The molecule has 0 radical (unpaired) electrons. The highest BCUT2D eigenvalue weighted by molar-refractivity contribution is 7.93. The summed E-state index contributed by atoms with van der Waals surface area (Å²) in [6.45, 7) is 3.43. The van der Waals surface area contributed by atoms with E-state index in [2.05, 4.69) is 0 Å². The van der Waals surface area contributed by atoms with Gasteiger partial charge >= 0.3 is 0 Å². The van der Waals surface area contributed by atoms with Gasteiger partial charge in [-0.25, -0.2) is 8.42 Å². The number of carbonyl (C=O) groups excluding carboxylic acids is 1. The lowest BCUT2D eigenvalue weighted by molar-refractivity contribution is 0.100. The van der Waals surface area contributed by atoms with Crippen LogP contribution >= 0.6 is 0 Å². The van der Waals surface area contributed by atoms with Crippen LogP contribution in [0.5, 0.6) is 5.75 Å². The fourth-order valence-electron chi connectivity index (χ4n) is 2.49. The molecule has 0 fully saturated rings. The molecule has 0 aliphatic heterocycles. The Balaban J connectivity index is 2.17. The molecule has 1 N–H and O–H groups in total. The van der Waals surface area contributed by atoms with Crippen molar-refractivity contribution in [1.29, 1.82) is 0 Å². The summed E-state index contributed by atoms with van der Waals surface area (Å²) in [5.41, 5.74) is 1.17. The van der Waals surface area contributed by atoms with Crippen LogP contribution < -0.4 is 4.31 Å². The summed E-state index contributed by atoms with van der Waals surface area (Å²) < 4.78 is 32.2. The molecule has 3 rings (SSSR count). The van der Waals surface area contributed by atoms with E-state index in [1.54, 1.807) is 19.1 Å². The number of nitrogens with zero attached hydrogens (tertiary/aromatic N) is 1. The summed E-state index contributed by atoms with van der Waals surface area (Å²) in [6.07, 6.45) is 1.33. The number of hydrogen-bond donors (Lipinski definition) is 1. The lowest BCUT2D eigenvalue weighted by Crippen LogP contribution is -2.37. The van der Waals surface area contributed by atoms with Crippen molar-refractivity contribution >= 4 is 21.6 Å². The molecule has 26 heavy (non-hydrogen) atoms. The minimum Gasteiger partial charge on any atom is -0.508 e. The van der Waals surface area contributed by atoms with E-state index in [4.69, 9.17) is 4.42 Å². The maximum atomic E-state index is 13.2. The van der Waals surface area contributed by atoms with E-state index in [1.165, 1.54) is 48.7 Å². The second-order valence-electron chi connectivity index (χ2n) is 5.79. The minimum atomic E-state index is -4.17. The molecule has 0 aliphatic carbocycles. The van der Waals surface area contributed by atoms with E-state index in [9.17, 15) is 18.3 Å². The van der Waals surface area contributed by atoms with Crippen molar-refractivity contribution in [3.8, 4) is 5.75 Å². The average Bonchev–Trinajstić information content (AvgIpc) is 3.03. The van der Waals surface area contributed by atoms with Gasteiger partial charge in [0.15, 0.2) is 0 Å². The zero-order chi connectivity index (χ0) is 18.9. The van der Waals surface area contributed by atoms with Crippen LogP contribution in [0.1, 0.15) is 21.7 Å². The minimum absolute atomic E-state index is 0.00864. The van der Waals surface area contributed by atoms with Crippen molar-refractivity contribution in [2.45, 2.75) is 18.7 Å². The molecule has 1 amide bonds. The van der Waals surface area contributed by atoms with Crippen molar-refractivity contribution in [3.05, 3.63) is 77.7 Å². The Morgan fingerprint density at radius 1 is 0.962 bits per heavy atom. The van der Waals surface area contributed by atoms with Crippen LogP contribution in [-0.2, 0) is 10.0 Å². The topological polar surface area (TPSA) is 87.8 Å². The second kappa shape index (κ2) is 6.68. The summed E-state index contributed by atoms with van der Waals surface area (Å²) >= 11 is 0. The number of sulfonamides is 1. The van der Waals surface area contributed by atoms with Crippen LogP contribution in [0.25, 0.3) is 0 Å². The summed E-state index contributed by atoms with van der Waals surface area (Å²) in [4.78, 5) is 13.0. The number of amides is 1. The SMILES string of the molecule is Cc1ccc(S(=O)(=O)N(C(=O)c2ccoc2C)c2ccc(O)cc2)cc1. The first-order valence-electron chi connectivity index (χ1n) is 7.80. The number of aryl methyl sites for hydroxylation is 2. The normalized spacial score (nSPS) is 11.3. The molecular weight excluding hydrogens is 354 g/mol. The molecule has 7 heteroatoms. The molecule has 0 spiro atoms. The third-order valence-electron chi connectivity index (χ3n) is 3.92. The second-order valence-corrected chi connectivity index (χ2v) is 7.58. The summed E-state index contributed by atoms with van der Waals surface area (Å²) in [7, 11) is -4.17. The van der Waals surface area contributed by atoms with Gasteiger partial charge in [0.1, 0.15) is 11.5 Å². The number of phenolic OH excluding ortho intramolecular Hbond substituents is 1. The number of phenols is 1. The number of aromatic hydroxyl groups is 1. The first kappa shape index (κ1) is 17.8. The van der Waals surface area contributed by atoms with E-state index in [-0.39, 0.29) is 21.9 Å².